The van der Waals surface area contributed by atoms with Crippen molar-refractivity contribution in [3.8, 4) is 114 Å². The van der Waals surface area contributed by atoms with Gasteiger partial charge in [-0.25, -0.2) is 29.9 Å². The lowest BCUT2D eigenvalue weighted by atomic mass is 9.88. The van der Waals surface area contributed by atoms with Gasteiger partial charge in [0.2, 0.25) is 0 Å². The van der Waals surface area contributed by atoms with Gasteiger partial charge in [0, 0.05) is 38.9 Å². The summed E-state index contributed by atoms with van der Waals surface area (Å²) < 4.78 is 0. The average Bonchev–Trinajstić information content (AvgIpc) is 3.37. The van der Waals surface area contributed by atoms with Gasteiger partial charge < -0.3 is 0 Å². The molecule has 0 saturated carbocycles. The Labute approximate surface area is 360 Å². The van der Waals surface area contributed by atoms with Crippen LogP contribution in [-0.4, -0.2) is 29.9 Å². The third-order valence-corrected chi connectivity index (χ3v) is 10.7. The Morgan fingerprint density at radius 2 is 0.565 bits per heavy atom. The fourth-order valence-electron chi connectivity index (χ4n) is 7.63. The second-order valence-corrected chi connectivity index (χ2v) is 14.6. The zero-order valence-electron chi connectivity index (χ0n) is 33.5. The molecule has 0 radical (unpaired) electrons. The molecule has 2 aromatic heterocycles. The first kappa shape index (κ1) is 37.6. The highest BCUT2D eigenvalue weighted by Gasteiger charge is 2.20. The molecule has 0 saturated heterocycles. The Bertz CT molecular complexity index is 3100. The fraction of sp³-hybridized carbons (Fsp3) is 0. The molecule has 0 aliphatic heterocycles. The van der Waals surface area contributed by atoms with Gasteiger partial charge in [-0.2, -0.15) is 0 Å². The molecular formula is C56H36N6. The van der Waals surface area contributed by atoms with E-state index in [9.17, 15) is 0 Å². The zero-order chi connectivity index (χ0) is 41.7. The summed E-state index contributed by atoms with van der Waals surface area (Å²) in [5, 5.41) is 0. The summed E-state index contributed by atoms with van der Waals surface area (Å²) in [6, 6.07) is 71.4. The van der Waals surface area contributed by atoms with Gasteiger partial charge in [0.1, 0.15) is 0 Å². The molecule has 10 aromatic rings. The average molecular weight is 793 g/mol. The largest absolute Gasteiger partial charge is 0.208 e. The minimum Gasteiger partial charge on any atom is -0.208 e. The highest BCUT2D eigenvalue weighted by Crippen LogP contribution is 2.42. The third kappa shape index (κ3) is 7.66. The highest BCUT2D eigenvalue weighted by molar-refractivity contribution is 5.94. The van der Waals surface area contributed by atoms with Crippen molar-refractivity contribution in [3.63, 3.8) is 0 Å². The Kier molecular flexibility index (Phi) is 10.3. The lowest BCUT2D eigenvalue weighted by Gasteiger charge is -2.18. The summed E-state index contributed by atoms with van der Waals surface area (Å²) in [5.41, 5.74) is 12.2. The molecule has 0 unspecified atom stereocenters. The fourth-order valence-corrected chi connectivity index (χ4v) is 7.63. The maximum absolute atomic E-state index is 5.83. The standard InChI is InChI=1S/C56H36N6/c1-2-38-31-33-39(34-32-38)50-37-44(45-27-15-17-29-48(45)55-59-51(40-19-7-3-8-20-40)57-52(60-55)41-21-9-4-10-22-41)35-36-47(50)46-28-16-18-30-49(46)56-61-53(42-23-11-5-12-24-42)58-54(62-56)43-25-13-6-14-26-43/h1,3-37H. The summed E-state index contributed by atoms with van der Waals surface area (Å²) in [6.45, 7) is 0. The SMILES string of the molecule is C#Cc1ccc(-c2cc(-c3ccccc3-c3nc(-c4ccccc4)nc(-c4ccccc4)n3)ccc2-c2ccccc2-c2nc(-c3ccccc3)nc(-c3ccccc3)n2)cc1. The minimum absolute atomic E-state index is 0.578. The van der Waals surface area contributed by atoms with Crippen LogP contribution in [0.25, 0.3) is 102 Å². The number of hydrogen-bond donors (Lipinski definition) is 0. The minimum atomic E-state index is 0.578. The summed E-state index contributed by atoms with van der Waals surface area (Å²) in [7, 11) is 0. The molecule has 10 rings (SSSR count). The van der Waals surface area contributed by atoms with Crippen molar-refractivity contribution in [2.45, 2.75) is 0 Å². The zero-order valence-corrected chi connectivity index (χ0v) is 33.5. The van der Waals surface area contributed by atoms with Crippen LogP contribution in [0.1, 0.15) is 5.56 Å². The van der Waals surface area contributed by atoms with Crippen molar-refractivity contribution in [2.75, 3.05) is 0 Å². The Hall–Kier alpha value is -8.66. The number of benzene rings is 8. The Morgan fingerprint density at radius 3 is 0.984 bits per heavy atom. The van der Waals surface area contributed by atoms with Crippen LogP contribution < -0.4 is 0 Å². The van der Waals surface area contributed by atoms with E-state index in [-0.39, 0.29) is 0 Å². The summed E-state index contributed by atoms with van der Waals surface area (Å²) in [5.74, 6) is 6.35. The van der Waals surface area contributed by atoms with Crippen LogP contribution >= 0.6 is 0 Å². The van der Waals surface area contributed by atoms with Crippen LogP contribution in [-0.2, 0) is 0 Å². The predicted molar refractivity (Wildman–Crippen MR) is 250 cm³/mol. The first-order chi connectivity index (χ1) is 30.7. The van der Waals surface area contributed by atoms with Crippen molar-refractivity contribution in [1.82, 2.24) is 29.9 Å². The molecule has 6 heteroatoms. The monoisotopic (exact) mass is 792 g/mol. The number of aromatic nitrogens is 6. The number of hydrogen-bond acceptors (Lipinski definition) is 6. The maximum Gasteiger partial charge on any atom is 0.164 e. The molecule has 2 heterocycles. The lowest BCUT2D eigenvalue weighted by molar-refractivity contribution is 1.07. The molecule has 0 amide bonds. The van der Waals surface area contributed by atoms with Crippen molar-refractivity contribution >= 4 is 0 Å². The van der Waals surface area contributed by atoms with Gasteiger partial charge in [-0.05, 0) is 51.6 Å². The molecule has 8 aromatic carbocycles. The normalized spacial score (nSPS) is 10.9. The first-order valence-corrected chi connectivity index (χ1v) is 20.3. The lowest BCUT2D eigenvalue weighted by Crippen LogP contribution is -2.01. The molecule has 0 aliphatic carbocycles. The van der Waals surface area contributed by atoms with E-state index in [2.05, 4.69) is 72.7 Å². The molecule has 0 N–H and O–H groups in total. The molecule has 0 atom stereocenters. The topological polar surface area (TPSA) is 77.3 Å². The van der Waals surface area contributed by atoms with Crippen LogP contribution in [0.4, 0.5) is 0 Å². The quantitative estimate of drug-likeness (QED) is 0.135. The molecule has 0 spiro atoms. The van der Waals surface area contributed by atoms with Crippen LogP contribution in [0.3, 0.4) is 0 Å². The van der Waals surface area contributed by atoms with E-state index in [1.807, 2.05) is 146 Å². The van der Waals surface area contributed by atoms with E-state index >= 15 is 0 Å². The van der Waals surface area contributed by atoms with Gasteiger partial charge >= 0.3 is 0 Å². The molecule has 62 heavy (non-hydrogen) atoms. The van der Waals surface area contributed by atoms with Crippen LogP contribution in [0.5, 0.6) is 0 Å². The second-order valence-electron chi connectivity index (χ2n) is 14.6. The second kappa shape index (κ2) is 16.9. The van der Waals surface area contributed by atoms with Crippen LogP contribution in [0, 0.1) is 12.3 Å². The van der Waals surface area contributed by atoms with Gasteiger partial charge in [0.15, 0.2) is 34.9 Å². The van der Waals surface area contributed by atoms with Gasteiger partial charge in [0.25, 0.3) is 0 Å². The summed E-state index contributed by atoms with van der Waals surface area (Å²) >= 11 is 0. The van der Waals surface area contributed by atoms with Crippen molar-refractivity contribution in [1.29, 1.82) is 0 Å². The summed E-state index contributed by atoms with van der Waals surface area (Å²) in [4.78, 5) is 30.3. The van der Waals surface area contributed by atoms with E-state index in [1.165, 1.54) is 0 Å². The number of rotatable bonds is 9. The van der Waals surface area contributed by atoms with Crippen LogP contribution in [0.2, 0.25) is 0 Å². The molecule has 290 valence electrons. The van der Waals surface area contributed by atoms with Crippen molar-refractivity contribution in [2.24, 2.45) is 0 Å². The van der Waals surface area contributed by atoms with Gasteiger partial charge in [0.05, 0.1) is 0 Å². The molecule has 6 nitrogen and oxygen atoms in total. The van der Waals surface area contributed by atoms with E-state index in [0.717, 1.165) is 72.3 Å². The third-order valence-electron chi connectivity index (χ3n) is 10.7. The summed E-state index contributed by atoms with van der Waals surface area (Å²) in [6.07, 6.45) is 5.83. The van der Waals surface area contributed by atoms with Gasteiger partial charge in [-0.15, -0.1) is 6.42 Å². The molecule has 0 aliphatic rings. The predicted octanol–water partition coefficient (Wildman–Crippen LogP) is 13.0. The van der Waals surface area contributed by atoms with Gasteiger partial charge in [-0.3, -0.25) is 0 Å². The van der Waals surface area contributed by atoms with E-state index in [0.29, 0.717) is 34.9 Å². The molecule has 0 bridgehead atoms. The van der Waals surface area contributed by atoms with Crippen molar-refractivity contribution < 1.29 is 0 Å². The van der Waals surface area contributed by atoms with Gasteiger partial charge in [-0.1, -0.05) is 200 Å². The Morgan fingerprint density at radius 1 is 0.242 bits per heavy atom. The Balaban J connectivity index is 1.15. The maximum atomic E-state index is 5.83. The molecular weight excluding hydrogens is 757 g/mol. The van der Waals surface area contributed by atoms with Crippen molar-refractivity contribution in [3.05, 3.63) is 218 Å². The first-order valence-electron chi connectivity index (χ1n) is 20.3. The highest BCUT2D eigenvalue weighted by atomic mass is 15.0. The van der Waals surface area contributed by atoms with E-state index in [1.54, 1.807) is 0 Å². The number of terminal acetylenes is 1. The van der Waals surface area contributed by atoms with Crippen LogP contribution in [0.15, 0.2) is 212 Å². The molecule has 0 fully saturated rings. The van der Waals surface area contributed by atoms with E-state index < -0.39 is 0 Å². The number of nitrogens with zero attached hydrogens (tertiary/aromatic N) is 6. The smallest absolute Gasteiger partial charge is 0.164 e. The van der Waals surface area contributed by atoms with E-state index in [4.69, 9.17) is 36.3 Å².